The Morgan fingerprint density at radius 3 is 2.52 bits per heavy atom. The second-order valence-electron chi connectivity index (χ2n) is 6.16. The van der Waals surface area contributed by atoms with Crippen LogP contribution in [0.3, 0.4) is 0 Å². The molecule has 1 aromatic carbocycles. The van der Waals surface area contributed by atoms with E-state index in [9.17, 15) is 9.59 Å². The molecule has 3 rings (SSSR count). The molecule has 2 fully saturated rings. The number of nitrogens with zero attached hydrogens (tertiary/aromatic N) is 3. The number of piperazine rings is 1. The van der Waals surface area contributed by atoms with E-state index in [0.717, 1.165) is 36.6 Å². The minimum absolute atomic E-state index is 0.00147. The van der Waals surface area contributed by atoms with E-state index in [4.69, 9.17) is 11.6 Å². The van der Waals surface area contributed by atoms with E-state index in [1.807, 2.05) is 29.2 Å². The first-order valence-corrected chi connectivity index (χ1v) is 8.50. The lowest BCUT2D eigenvalue weighted by Gasteiger charge is -2.38. The molecule has 23 heavy (non-hydrogen) atoms. The van der Waals surface area contributed by atoms with Gasteiger partial charge in [0.15, 0.2) is 0 Å². The molecule has 5 nitrogen and oxygen atoms in total. The Balaban J connectivity index is 1.60. The number of anilines is 1. The average molecular weight is 336 g/mol. The van der Waals surface area contributed by atoms with Crippen molar-refractivity contribution < 1.29 is 9.59 Å². The lowest BCUT2D eigenvalue weighted by atomic mass is 10.1. The zero-order valence-corrected chi connectivity index (χ0v) is 14.1. The smallest absolute Gasteiger partial charge is 0.245 e. The summed E-state index contributed by atoms with van der Waals surface area (Å²) >= 11 is 6.05. The van der Waals surface area contributed by atoms with E-state index in [-0.39, 0.29) is 17.9 Å². The van der Waals surface area contributed by atoms with E-state index >= 15 is 0 Å². The van der Waals surface area contributed by atoms with Gasteiger partial charge in [-0.1, -0.05) is 17.7 Å². The topological polar surface area (TPSA) is 43.9 Å². The Morgan fingerprint density at radius 2 is 1.87 bits per heavy atom. The second kappa shape index (κ2) is 6.79. The summed E-state index contributed by atoms with van der Waals surface area (Å²) in [4.78, 5) is 30.2. The summed E-state index contributed by atoms with van der Waals surface area (Å²) in [6, 6.07) is 7.54. The molecule has 2 aliphatic rings. The number of hydrogen-bond donors (Lipinski definition) is 0. The molecule has 1 aromatic rings. The van der Waals surface area contributed by atoms with E-state index in [1.165, 1.54) is 0 Å². The van der Waals surface area contributed by atoms with Crippen LogP contribution in [0.1, 0.15) is 19.8 Å². The SMILES string of the molecule is CC(=O)N1CCC[C@@H]1C(=O)N1CCN(c2cccc(Cl)c2)CC1. The van der Waals surface area contributed by atoms with Crippen LogP contribution in [0.4, 0.5) is 5.69 Å². The highest BCUT2D eigenvalue weighted by atomic mass is 35.5. The first kappa shape index (κ1) is 16.1. The zero-order valence-electron chi connectivity index (χ0n) is 13.4. The van der Waals surface area contributed by atoms with Crippen LogP contribution >= 0.6 is 11.6 Å². The van der Waals surface area contributed by atoms with E-state index in [2.05, 4.69) is 4.90 Å². The van der Waals surface area contributed by atoms with Crippen molar-refractivity contribution in [2.24, 2.45) is 0 Å². The van der Waals surface area contributed by atoms with E-state index in [0.29, 0.717) is 19.6 Å². The molecule has 6 heteroatoms. The number of benzene rings is 1. The number of halogens is 1. The van der Waals surface area contributed by atoms with Crippen molar-refractivity contribution in [1.29, 1.82) is 0 Å². The van der Waals surface area contributed by atoms with Crippen molar-refractivity contribution in [1.82, 2.24) is 9.80 Å². The molecular formula is C17H22ClN3O2. The molecule has 0 unspecified atom stereocenters. The third kappa shape index (κ3) is 3.44. The van der Waals surface area contributed by atoms with Crippen LogP contribution in [0.2, 0.25) is 5.02 Å². The van der Waals surface area contributed by atoms with Crippen molar-refractivity contribution >= 4 is 29.1 Å². The van der Waals surface area contributed by atoms with Crippen LogP contribution in [0.15, 0.2) is 24.3 Å². The predicted molar refractivity (Wildman–Crippen MR) is 90.7 cm³/mol. The zero-order chi connectivity index (χ0) is 16.4. The molecule has 2 heterocycles. The lowest BCUT2D eigenvalue weighted by Crippen LogP contribution is -2.54. The monoisotopic (exact) mass is 335 g/mol. The summed E-state index contributed by atoms with van der Waals surface area (Å²) < 4.78 is 0. The van der Waals surface area contributed by atoms with Crippen molar-refractivity contribution in [2.45, 2.75) is 25.8 Å². The Labute approximate surface area is 141 Å². The minimum atomic E-state index is -0.259. The summed E-state index contributed by atoms with van der Waals surface area (Å²) in [5.74, 6) is 0.0989. The maximum atomic E-state index is 12.7. The van der Waals surface area contributed by atoms with Crippen molar-refractivity contribution in [2.75, 3.05) is 37.6 Å². The van der Waals surface area contributed by atoms with Crippen LogP contribution in [-0.4, -0.2) is 60.4 Å². The van der Waals surface area contributed by atoms with Crippen LogP contribution in [0.25, 0.3) is 0 Å². The third-order valence-electron chi connectivity index (χ3n) is 4.71. The summed E-state index contributed by atoms with van der Waals surface area (Å²) in [7, 11) is 0. The van der Waals surface area contributed by atoms with Crippen LogP contribution in [-0.2, 0) is 9.59 Å². The Hall–Kier alpha value is -1.75. The predicted octanol–water partition coefficient (Wildman–Crippen LogP) is 2.00. The number of carbonyl (C=O) groups is 2. The molecule has 2 amide bonds. The van der Waals surface area contributed by atoms with Gasteiger partial charge in [0.05, 0.1) is 0 Å². The van der Waals surface area contributed by atoms with Gasteiger partial charge in [0.2, 0.25) is 11.8 Å². The van der Waals surface area contributed by atoms with Crippen LogP contribution in [0.5, 0.6) is 0 Å². The maximum absolute atomic E-state index is 12.7. The summed E-state index contributed by atoms with van der Waals surface area (Å²) in [5, 5.41) is 0.726. The standard InChI is InChI=1S/C17H22ClN3O2/c1-13(22)21-7-3-6-16(21)17(23)20-10-8-19(9-11-20)15-5-2-4-14(18)12-15/h2,4-5,12,16H,3,6-11H2,1H3/t16-/m1/s1. The molecule has 0 N–H and O–H groups in total. The fraction of sp³-hybridized carbons (Fsp3) is 0.529. The molecule has 124 valence electrons. The van der Waals surface area contributed by atoms with Crippen LogP contribution in [0, 0.1) is 0 Å². The quantitative estimate of drug-likeness (QED) is 0.830. The van der Waals surface area contributed by atoms with Crippen molar-refractivity contribution in [3.8, 4) is 0 Å². The molecule has 0 aromatic heterocycles. The third-order valence-corrected chi connectivity index (χ3v) is 4.94. The molecule has 0 spiro atoms. The highest BCUT2D eigenvalue weighted by Gasteiger charge is 2.36. The minimum Gasteiger partial charge on any atom is -0.368 e. The first-order valence-electron chi connectivity index (χ1n) is 8.13. The molecule has 2 saturated heterocycles. The van der Waals surface area contributed by atoms with Gasteiger partial charge in [-0.05, 0) is 31.0 Å². The van der Waals surface area contributed by atoms with Gasteiger partial charge in [0.1, 0.15) is 6.04 Å². The number of rotatable bonds is 2. The highest BCUT2D eigenvalue weighted by molar-refractivity contribution is 6.30. The average Bonchev–Trinajstić information content (AvgIpc) is 3.04. The van der Waals surface area contributed by atoms with Gasteiger partial charge in [-0.3, -0.25) is 9.59 Å². The second-order valence-corrected chi connectivity index (χ2v) is 6.60. The lowest BCUT2D eigenvalue weighted by molar-refractivity contribution is -0.143. The summed E-state index contributed by atoms with van der Waals surface area (Å²) in [6.45, 7) is 5.20. The molecular weight excluding hydrogens is 314 g/mol. The Kier molecular flexibility index (Phi) is 4.76. The van der Waals surface area contributed by atoms with Crippen LogP contribution < -0.4 is 4.90 Å². The molecule has 1 atom stereocenters. The number of amides is 2. The Bertz CT molecular complexity index is 599. The molecule has 0 bridgehead atoms. The molecule has 0 radical (unpaired) electrons. The van der Waals surface area contributed by atoms with Gasteiger partial charge in [-0.2, -0.15) is 0 Å². The van der Waals surface area contributed by atoms with Gasteiger partial charge >= 0.3 is 0 Å². The van der Waals surface area contributed by atoms with Gasteiger partial charge < -0.3 is 14.7 Å². The van der Waals surface area contributed by atoms with Gasteiger partial charge in [0.25, 0.3) is 0 Å². The van der Waals surface area contributed by atoms with E-state index < -0.39 is 0 Å². The van der Waals surface area contributed by atoms with Crippen molar-refractivity contribution in [3.05, 3.63) is 29.3 Å². The van der Waals surface area contributed by atoms with Gasteiger partial charge in [0, 0.05) is 50.4 Å². The Morgan fingerprint density at radius 1 is 1.13 bits per heavy atom. The maximum Gasteiger partial charge on any atom is 0.245 e. The number of carbonyl (C=O) groups excluding carboxylic acids is 2. The fourth-order valence-corrected chi connectivity index (χ4v) is 3.65. The molecule has 0 saturated carbocycles. The summed E-state index contributed by atoms with van der Waals surface area (Å²) in [5.41, 5.74) is 1.09. The largest absolute Gasteiger partial charge is 0.368 e. The normalized spacial score (nSPS) is 21.7. The number of hydrogen-bond acceptors (Lipinski definition) is 3. The summed E-state index contributed by atoms with van der Waals surface area (Å²) in [6.07, 6.45) is 1.70. The van der Waals surface area contributed by atoms with Gasteiger partial charge in [-0.25, -0.2) is 0 Å². The first-order chi connectivity index (χ1) is 11.1. The molecule has 2 aliphatic heterocycles. The molecule has 0 aliphatic carbocycles. The van der Waals surface area contributed by atoms with E-state index in [1.54, 1.807) is 11.8 Å². The van der Waals surface area contributed by atoms with Gasteiger partial charge in [-0.15, -0.1) is 0 Å². The fourth-order valence-electron chi connectivity index (χ4n) is 3.47. The highest BCUT2D eigenvalue weighted by Crippen LogP contribution is 2.23. The number of likely N-dealkylation sites (tertiary alicyclic amines) is 1. The van der Waals surface area contributed by atoms with Crippen molar-refractivity contribution in [3.63, 3.8) is 0 Å².